The number of nitrogens with zero attached hydrogens (tertiary/aromatic N) is 1. The van der Waals surface area contributed by atoms with Crippen LogP contribution in [0.2, 0.25) is 0 Å². The van der Waals surface area contributed by atoms with Crippen molar-refractivity contribution in [3.8, 4) is 0 Å². The van der Waals surface area contributed by atoms with Gasteiger partial charge in [0.1, 0.15) is 0 Å². The van der Waals surface area contributed by atoms with E-state index >= 15 is 0 Å². The molecule has 1 atom stereocenters. The van der Waals surface area contributed by atoms with Crippen molar-refractivity contribution in [2.24, 2.45) is 11.7 Å². The van der Waals surface area contributed by atoms with E-state index in [1.54, 1.807) is 7.11 Å². The van der Waals surface area contributed by atoms with E-state index in [9.17, 15) is 4.79 Å². The molecular formula is C14H21ClN2O2. The fourth-order valence-electron chi connectivity index (χ4n) is 2.35. The van der Waals surface area contributed by atoms with Crippen molar-refractivity contribution >= 4 is 18.3 Å². The average Bonchev–Trinajstić information content (AvgIpc) is 2.87. The summed E-state index contributed by atoms with van der Waals surface area (Å²) in [6, 6.07) is 7.54. The Morgan fingerprint density at radius 1 is 1.42 bits per heavy atom. The second kappa shape index (κ2) is 7.48. The highest BCUT2D eigenvalue weighted by molar-refractivity contribution is 5.94. The zero-order chi connectivity index (χ0) is 13.0. The van der Waals surface area contributed by atoms with Crippen LogP contribution >= 0.6 is 12.4 Å². The summed E-state index contributed by atoms with van der Waals surface area (Å²) >= 11 is 0. The van der Waals surface area contributed by atoms with Gasteiger partial charge in [0.2, 0.25) is 0 Å². The fraction of sp³-hybridized carbons (Fsp3) is 0.500. The highest BCUT2D eigenvalue weighted by Crippen LogP contribution is 2.19. The van der Waals surface area contributed by atoms with Gasteiger partial charge in [-0.25, -0.2) is 0 Å². The summed E-state index contributed by atoms with van der Waals surface area (Å²) < 4.78 is 5.14. The molecule has 1 aliphatic heterocycles. The topological polar surface area (TPSA) is 55.6 Å². The molecule has 1 aromatic rings. The summed E-state index contributed by atoms with van der Waals surface area (Å²) in [5.74, 6) is 0.583. The zero-order valence-electron chi connectivity index (χ0n) is 11.2. The number of carbonyl (C=O) groups is 1. The van der Waals surface area contributed by atoms with Crippen molar-refractivity contribution in [1.82, 2.24) is 4.90 Å². The second-order valence-electron chi connectivity index (χ2n) is 4.76. The van der Waals surface area contributed by atoms with Crippen molar-refractivity contribution in [2.45, 2.75) is 13.0 Å². The number of nitrogens with two attached hydrogens (primary N) is 1. The van der Waals surface area contributed by atoms with Crippen LogP contribution in [-0.2, 0) is 11.3 Å². The number of amides is 1. The van der Waals surface area contributed by atoms with Gasteiger partial charge in [0, 0.05) is 38.2 Å². The van der Waals surface area contributed by atoms with Crippen molar-refractivity contribution in [3.05, 3.63) is 35.4 Å². The van der Waals surface area contributed by atoms with E-state index in [4.69, 9.17) is 10.5 Å². The third kappa shape index (κ3) is 3.93. The van der Waals surface area contributed by atoms with Gasteiger partial charge in [-0.3, -0.25) is 4.79 Å². The maximum atomic E-state index is 12.3. The maximum Gasteiger partial charge on any atom is 0.253 e. The number of ether oxygens (including phenoxy) is 1. The summed E-state index contributed by atoms with van der Waals surface area (Å²) in [6.07, 6.45) is 1.03. The molecule has 1 aliphatic rings. The van der Waals surface area contributed by atoms with Gasteiger partial charge in [0.05, 0.1) is 6.61 Å². The fourth-order valence-corrected chi connectivity index (χ4v) is 2.35. The van der Waals surface area contributed by atoms with Gasteiger partial charge in [0.25, 0.3) is 5.91 Å². The number of hydrogen-bond acceptors (Lipinski definition) is 3. The first-order valence-electron chi connectivity index (χ1n) is 6.32. The van der Waals surface area contributed by atoms with Crippen LogP contribution in [-0.4, -0.2) is 37.6 Å². The Bertz CT molecular complexity index is 408. The minimum Gasteiger partial charge on any atom is -0.384 e. The number of halogens is 1. The van der Waals surface area contributed by atoms with Gasteiger partial charge < -0.3 is 15.4 Å². The van der Waals surface area contributed by atoms with Crippen molar-refractivity contribution in [1.29, 1.82) is 0 Å². The molecule has 2 N–H and O–H groups in total. The highest BCUT2D eigenvalue weighted by atomic mass is 35.5. The van der Waals surface area contributed by atoms with Gasteiger partial charge in [-0.15, -0.1) is 12.4 Å². The molecular weight excluding hydrogens is 264 g/mol. The van der Waals surface area contributed by atoms with E-state index in [1.807, 2.05) is 29.2 Å². The molecule has 0 aliphatic carbocycles. The average molecular weight is 285 g/mol. The number of hydrogen-bond donors (Lipinski definition) is 1. The van der Waals surface area contributed by atoms with E-state index in [2.05, 4.69) is 0 Å². The summed E-state index contributed by atoms with van der Waals surface area (Å²) in [7, 11) is 1.70. The Morgan fingerprint density at radius 2 is 2.11 bits per heavy atom. The lowest BCUT2D eigenvalue weighted by Gasteiger charge is -2.16. The number of methoxy groups -OCH3 is 1. The van der Waals surface area contributed by atoms with Crippen LogP contribution in [0.5, 0.6) is 0 Å². The molecule has 106 valence electrons. The molecule has 4 nitrogen and oxygen atoms in total. The van der Waals surface area contributed by atoms with Crippen LogP contribution in [0.3, 0.4) is 0 Å². The van der Waals surface area contributed by atoms with Gasteiger partial charge in [0.15, 0.2) is 0 Å². The molecule has 0 radical (unpaired) electrons. The largest absolute Gasteiger partial charge is 0.384 e. The van der Waals surface area contributed by atoms with E-state index < -0.39 is 0 Å². The number of likely N-dealkylation sites (tertiary alicyclic amines) is 1. The Balaban J connectivity index is 0.00000180. The summed E-state index contributed by atoms with van der Waals surface area (Å²) in [5, 5.41) is 0. The molecule has 5 heteroatoms. The molecule has 1 amide bonds. The van der Waals surface area contributed by atoms with E-state index in [-0.39, 0.29) is 18.3 Å². The van der Waals surface area contributed by atoms with Crippen LogP contribution in [0.4, 0.5) is 0 Å². The van der Waals surface area contributed by atoms with Crippen molar-refractivity contribution in [2.75, 3.05) is 26.8 Å². The lowest BCUT2D eigenvalue weighted by molar-refractivity contribution is 0.0775. The first-order chi connectivity index (χ1) is 8.74. The molecule has 1 aromatic carbocycles. The number of rotatable bonds is 4. The van der Waals surface area contributed by atoms with Gasteiger partial charge in [-0.05, 0) is 24.1 Å². The molecule has 1 unspecified atom stereocenters. The molecule has 0 aromatic heterocycles. The highest BCUT2D eigenvalue weighted by Gasteiger charge is 2.26. The van der Waals surface area contributed by atoms with Gasteiger partial charge >= 0.3 is 0 Å². The molecule has 0 bridgehead atoms. The first-order valence-corrected chi connectivity index (χ1v) is 6.32. The second-order valence-corrected chi connectivity index (χ2v) is 4.76. The predicted octanol–water partition coefficient (Wildman–Crippen LogP) is 1.68. The Hall–Kier alpha value is -1.10. The summed E-state index contributed by atoms with van der Waals surface area (Å²) in [6.45, 7) is 2.86. The first kappa shape index (κ1) is 16.0. The van der Waals surface area contributed by atoms with Crippen LogP contribution in [0.15, 0.2) is 24.3 Å². The van der Waals surface area contributed by atoms with E-state index in [1.165, 1.54) is 0 Å². The smallest absolute Gasteiger partial charge is 0.253 e. The minimum atomic E-state index is 0. The van der Waals surface area contributed by atoms with Gasteiger partial charge in [-0.2, -0.15) is 0 Å². The Kier molecular flexibility index (Phi) is 6.28. The zero-order valence-corrected chi connectivity index (χ0v) is 12.0. The number of carbonyl (C=O) groups excluding carboxylic acids is 1. The van der Waals surface area contributed by atoms with E-state index in [0.29, 0.717) is 12.5 Å². The van der Waals surface area contributed by atoms with E-state index in [0.717, 1.165) is 37.2 Å². The monoisotopic (exact) mass is 284 g/mol. The normalized spacial score (nSPS) is 18.2. The van der Waals surface area contributed by atoms with Crippen molar-refractivity contribution < 1.29 is 9.53 Å². The molecule has 2 rings (SSSR count). The molecule has 0 saturated carbocycles. The molecule has 1 saturated heterocycles. The quantitative estimate of drug-likeness (QED) is 0.915. The van der Waals surface area contributed by atoms with Crippen LogP contribution in [0.25, 0.3) is 0 Å². The summed E-state index contributed by atoms with van der Waals surface area (Å²) in [5.41, 5.74) is 7.33. The molecule has 1 fully saturated rings. The van der Waals surface area contributed by atoms with Crippen LogP contribution < -0.4 is 5.73 Å². The SMILES string of the molecule is COCC1CCN(C(=O)c2ccc(CN)cc2)C1.Cl. The standard InChI is InChI=1S/C14H20N2O2.ClH/c1-18-10-12-6-7-16(9-12)14(17)13-4-2-11(8-15)3-5-13;/h2-5,12H,6-10,15H2,1H3;1H. The van der Waals surface area contributed by atoms with Gasteiger partial charge in [-0.1, -0.05) is 12.1 Å². The minimum absolute atomic E-state index is 0. The summed E-state index contributed by atoms with van der Waals surface area (Å²) in [4.78, 5) is 14.2. The number of benzene rings is 1. The third-order valence-corrected chi connectivity index (χ3v) is 3.41. The lowest BCUT2D eigenvalue weighted by Crippen LogP contribution is -2.29. The Morgan fingerprint density at radius 3 is 2.68 bits per heavy atom. The molecule has 19 heavy (non-hydrogen) atoms. The van der Waals surface area contributed by atoms with Crippen LogP contribution in [0, 0.1) is 5.92 Å². The van der Waals surface area contributed by atoms with Crippen LogP contribution in [0.1, 0.15) is 22.3 Å². The molecule has 1 heterocycles. The molecule has 0 spiro atoms. The van der Waals surface area contributed by atoms with Crippen molar-refractivity contribution in [3.63, 3.8) is 0 Å². The lowest BCUT2D eigenvalue weighted by atomic mass is 10.1. The predicted molar refractivity (Wildman–Crippen MR) is 77.5 cm³/mol. The third-order valence-electron chi connectivity index (χ3n) is 3.41. The Labute approximate surface area is 120 Å². The maximum absolute atomic E-state index is 12.3.